The van der Waals surface area contributed by atoms with Crippen molar-refractivity contribution < 1.29 is 18.3 Å². The van der Waals surface area contributed by atoms with E-state index in [0.717, 1.165) is 31.4 Å². The van der Waals surface area contributed by atoms with Crippen LogP contribution in [-0.2, 0) is 4.74 Å². The minimum atomic E-state index is -0.834. The van der Waals surface area contributed by atoms with E-state index in [1.807, 2.05) is 0 Å². The van der Waals surface area contributed by atoms with Gasteiger partial charge in [-0.15, -0.1) is 0 Å². The smallest absolute Gasteiger partial charge is 0.194 e. The van der Waals surface area contributed by atoms with Crippen LogP contribution in [0.2, 0.25) is 0 Å². The molecule has 0 radical (unpaired) electrons. The summed E-state index contributed by atoms with van der Waals surface area (Å²) in [5.74, 6) is -1.96. The van der Waals surface area contributed by atoms with Gasteiger partial charge in [-0.2, -0.15) is 0 Å². The molecule has 1 unspecified atom stereocenters. The van der Waals surface area contributed by atoms with E-state index in [-0.39, 0.29) is 11.7 Å². The number of hydrogen-bond acceptors (Lipinski definition) is 2. The maximum absolute atomic E-state index is 13.4. The fourth-order valence-electron chi connectivity index (χ4n) is 1.77. The normalized spacial score (nSPS) is 17.6. The van der Waals surface area contributed by atoms with Crippen molar-refractivity contribution in [3.05, 3.63) is 35.4 Å². The van der Waals surface area contributed by atoms with Crippen LogP contribution in [0.25, 0.3) is 0 Å². The molecule has 2 rings (SSSR count). The Hall–Kier alpha value is -1.29. The maximum atomic E-state index is 13.4. The van der Waals surface area contributed by atoms with Gasteiger partial charge < -0.3 is 4.74 Å². The molecule has 1 aromatic rings. The number of carbonyl (C=O) groups excluding carboxylic acids is 1. The zero-order valence-electron chi connectivity index (χ0n) is 9.58. The highest BCUT2D eigenvalue weighted by Gasteiger charge is 2.26. The van der Waals surface area contributed by atoms with Crippen LogP contribution in [0.5, 0.6) is 0 Å². The molecule has 2 nitrogen and oxygen atoms in total. The maximum Gasteiger partial charge on any atom is 0.194 e. The van der Waals surface area contributed by atoms with Gasteiger partial charge in [-0.3, -0.25) is 4.79 Å². The number of ketones is 1. The van der Waals surface area contributed by atoms with Gasteiger partial charge in [0, 0.05) is 6.07 Å². The molecule has 1 saturated carbocycles. The molecule has 0 heterocycles. The zero-order chi connectivity index (χ0) is 12.4. The average Bonchev–Trinajstić information content (AvgIpc) is 2.22. The quantitative estimate of drug-likeness (QED) is 0.756. The summed E-state index contributed by atoms with van der Waals surface area (Å²) in [7, 11) is 0. The van der Waals surface area contributed by atoms with Crippen molar-refractivity contribution in [1.29, 1.82) is 0 Å². The van der Waals surface area contributed by atoms with Crippen LogP contribution < -0.4 is 0 Å². The Kier molecular flexibility index (Phi) is 3.52. The molecule has 17 heavy (non-hydrogen) atoms. The van der Waals surface area contributed by atoms with Gasteiger partial charge in [-0.1, -0.05) is 0 Å². The largest absolute Gasteiger partial charge is 0.367 e. The Morgan fingerprint density at radius 3 is 2.65 bits per heavy atom. The van der Waals surface area contributed by atoms with E-state index >= 15 is 0 Å². The van der Waals surface area contributed by atoms with Crippen LogP contribution in [0.1, 0.15) is 36.5 Å². The Bertz CT molecular complexity index is 427. The molecule has 4 heteroatoms. The van der Waals surface area contributed by atoms with Crippen molar-refractivity contribution in [3.63, 3.8) is 0 Å². The molecule has 0 amide bonds. The van der Waals surface area contributed by atoms with Crippen molar-refractivity contribution in [1.82, 2.24) is 0 Å². The van der Waals surface area contributed by atoms with Crippen molar-refractivity contribution in [3.8, 4) is 0 Å². The Morgan fingerprint density at radius 1 is 1.41 bits per heavy atom. The molecule has 0 bridgehead atoms. The lowest BCUT2D eigenvalue weighted by Gasteiger charge is -2.28. The minimum absolute atomic E-state index is 0.109. The van der Waals surface area contributed by atoms with Crippen molar-refractivity contribution >= 4 is 5.78 Å². The molecule has 1 aromatic carbocycles. The summed E-state index contributed by atoms with van der Waals surface area (Å²) in [4.78, 5) is 11.9. The summed E-state index contributed by atoms with van der Waals surface area (Å²) in [5.41, 5.74) is -0.113. The SMILES string of the molecule is CC(OC1CCC1)C(=O)c1ccc(F)cc1F. The third-order valence-electron chi connectivity index (χ3n) is 3.01. The monoisotopic (exact) mass is 240 g/mol. The Balaban J connectivity index is 2.07. The van der Waals surface area contributed by atoms with Gasteiger partial charge in [0.1, 0.15) is 17.7 Å². The van der Waals surface area contributed by atoms with Gasteiger partial charge in [-0.25, -0.2) is 8.78 Å². The van der Waals surface area contributed by atoms with Crippen LogP contribution in [0.15, 0.2) is 18.2 Å². The van der Waals surface area contributed by atoms with E-state index < -0.39 is 23.5 Å². The Labute approximate surface area is 98.6 Å². The lowest BCUT2D eigenvalue weighted by molar-refractivity contribution is -0.0314. The third-order valence-corrected chi connectivity index (χ3v) is 3.01. The molecular weight excluding hydrogens is 226 g/mol. The van der Waals surface area contributed by atoms with Gasteiger partial charge in [-0.05, 0) is 38.3 Å². The topological polar surface area (TPSA) is 26.3 Å². The fraction of sp³-hybridized carbons (Fsp3) is 0.462. The van der Waals surface area contributed by atoms with E-state index in [1.54, 1.807) is 6.92 Å². The van der Waals surface area contributed by atoms with E-state index in [0.29, 0.717) is 6.07 Å². The molecule has 1 aliphatic rings. The molecule has 0 saturated heterocycles. The van der Waals surface area contributed by atoms with Crippen LogP contribution in [0.3, 0.4) is 0 Å². The lowest BCUT2D eigenvalue weighted by Crippen LogP contribution is -2.31. The summed E-state index contributed by atoms with van der Waals surface area (Å²) < 4.78 is 31.6. The molecule has 1 atom stereocenters. The Morgan fingerprint density at radius 2 is 2.12 bits per heavy atom. The standard InChI is InChI=1S/C13H14F2O2/c1-8(17-10-3-2-4-10)13(16)11-6-5-9(14)7-12(11)15/h5-8,10H,2-4H2,1H3. The number of rotatable bonds is 4. The first-order valence-electron chi connectivity index (χ1n) is 5.72. The van der Waals surface area contributed by atoms with E-state index in [9.17, 15) is 13.6 Å². The van der Waals surface area contributed by atoms with Crippen LogP contribution in [0.4, 0.5) is 8.78 Å². The van der Waals surface area contributed by atoms with Crippen LogP contribution in [0, 0.1) is 11.6 Å². The second-order valence-corrected chi connectivity index (χ2v) is 4.32. The second kappa shape index (κ2) is 4.92. The van der Waals surface area contributed by atoms with Gasteiger partial charge in [0.2, 0.25) is 0 Å². The average molecular weight is 240 g/mol. The van der Waals surface area contributed by atoms with E-state index in [1.165, 1.54) is 0 Å². The predicted octanol–water partition coefficient (Wildman–Crippen LogP) is 3.11. The second-order valence-electron chi connectivity index (χ2n) is 4.32. The summed E-state index contributed by atoms with van der Waals surface area (Å²) >= 11 is 0. The molecule has 0 spiro atoms. The van der Waals surface area contributed by atoms with Crippen LogP contribution >= 0.6 is 0 Å². The summed E-state index contributed by atoms with van der Waals surface area (Å²) in [6.07, 6.45) is 2.43. The number of hydrogen-bond donors (Lipinski definition) is 0. The highest BCUT2D eigenvalue weighted by atomic mass is 19.1. The van der Waals surface area contributed by atoms with Gasteiger partial charge in [0.25, 0.3) is 0 Å². The first-order chi connectivity index (χ1) is 8.08. The predicted molar refractivity (Wildman–Crippen MR) is 58.9 cm³/mol. The molecule has 0 aromatic heterocycles. The molecule has 1 fully saturated rings. The van der Waals surface area contributed by atoms with E-state index in [4.69, 9.17) is 4.74 Å². The zero-order valence-corrected chi connectivity index (χ0v) is 9.58. The van der Waals surface area contributed by atoms with Crippen molar-refractivity contribution in [2.24, 2.45) is 0 Å². The van der Waals surface area contributed by atoms with Gasteiger partial charge in [0.15, 0.2) is 5.78 Å². The summed E-state index contributed by atoms with van der Waals surface area (Å²) in [6.45, 7) is 1.60. The molecule has 0 aliphatic heterocycles. The molecule has 1 aliphatic carbocycles. The summed E-state index contributed by atoms with van der Waals surface area (Å²) in [6, 6.07) is 2.95. The third kappa shape index (κ3) is 2.69. The molecular formula is C13H14F2O2. The number of benzene rings is 1. The van der Waals surface area contributed by atoms with Gasteiger partial charge >= 0.3 is 0 Å². The fourth-order valence-corrected chi connectivity index (χ4v) is 1.77. The molecule has 92 valence electrons. The lowest BCUT2D eigenvalue weighted by atomic mass is 9.95. The van der Waals surface area contributed by atoms with Crippen molar-refractivity contribution in [2.45, 2.75) is 38.4 Å². The number of ether oxygens (including phenoxy) is 1. The number of Topliss-reactive ketones (excluding diaryl/α,β-unsaturated/α-hetero) is 1. The summed E-state index contributed by atoms with van der Waals surface area (Å²) in [5, 5.41) is 0. The van der Waals surface area contributed by atoms with Gasteiger partial charge in [0.05, 0.1) is 11.7 Å². The van der Waals surface area contributed by atoms with Crippen LogP contribution in [-0.4, -0.2) is 18.0 Å². The van der Waals surface area contributed by atoms with E-state index in [2.05, 4.69) is 0 Å². The van der Waals surface area contributed by atoms with Crippen molar-refractivity contribution in [2.75, 3.05) is 0 Å². The first kappa shape index (κ1) is 12.2. The minimum Gasteiger partial charge on any atom is -0.367 e. The number of carbonyl (C=O) groups is 1. The molecule has 0 N–H and O–H groups in total. The highest BCUT2D eigenvalue weighted by Crippen LogP contribution is 2.24. The first-order valence-corrected chi connectivity index (χ1v) is 5.72. The highest BCUT2D eigenvalue weighted by molar-refractivity contribution is 5.99. The number of halogens is 2.